The Kier molecular flexibility index (Phi) is 7.45. The van der Waals surface area contributed by atoms with Gasteiger partial charge in [0.2, 0.25) is 0 Å². The fourth-order valence-electron chi connectivity index (χ4n) is 8.75. The second-order valence-electron chi connectivity index (χ2n) is 15.3. The SMILES string of the molecule is CC1(C)c2ccccc2-c2ccc(-c3cccc(-c4nc(-c5ccc(-c6ncccn6)cc5)nc(-c5ccc6c7ccccc7c7ccccc7c6c5)n4)c3)cc21. The Labute approximate surface area is 330 Å². The highest BCUT2D eigenvalue weighted by molar-refractivity contribution is 6.25. The molecule has 0 bridgehead atoms. The third-order valence-electron chi connectivity index (χ3n) is 11.6. The van der Waals surface area contributed by atoms with Crippen LogP contribution in [0.5, 0.6) is 0 Å². The summed E-state index contributed by atoms with van der Waals surface area (Å²) in [6, 6.07) is 58.0. The number of fused-ring (bicyclic) bond motifs is 9. The molecule has 0 saturated carbocycles. The number of rotatable bonds is 5. The lowest BCUT2D eigenvalue weighted by molar-refractivity contribution is 0.660. The zero-order valence-electron chi connectivity index (χ0n) is 31.5. The molecule has 0 unspecified atom stereocenters. The molecule has 0 N–H and O–H groups in total. The van der Waals surface area contributed by atoms with Gasteiger partial charge in [0.25, 0.3) is 0 Å². The van der Waals surface area contributed by atoms with E-state index in [1.807, 2.05) is 30.3 Å². The highest BCUT2D eigenvalue weighted by atomic mass is 15.0. The Morgan fingerprint density at radius 2 is 0.789 bits per heavy atom. The third-order valence-corrected chi connectivity index (χ3v) is 11.6. The molecule has 2 aromatic heterocycles. The predicted molar refractivity (Wildman–Crippen MR) is 233 cm³/mol. The van der Waals surface area contributed by atoms with Gasteiger partial charge in [-0.15, -0.1) is 0 Å². The van der Waals surface area contributed by atoms with Crippen LogP contribution in [0.2, 0.25) is 0 Å². The van der Waals surface area contributed by atoms with Crippen molar-refractivity contribution in [2.75, 3.05) is 0 Å². The van der Waals surface area contributed by atoms with Crippen LogP contribution in [0.4, 0.5) is 0 Å². The molecule has 0 fully saturated rings. The van der Waals surface area contributed by atoms with E-state index in [1.54, 1.807) is 12.4 Å². The lowest BCUT2D eigenvalue weighted by Gasteiger charge is -2.22. The Morgan fingerprint density at radius 3 is 1.47 bits per heavy atom. The largest absolute Gasteiger partial charge is 0.237 e. The summed E-state index contributed by atoms with van der Waals surface area (Å²) in [5, 5.41) is 7.28. The van der Waals surface area contributed by atoms with Gasteiger partial charge in [0, 0.05) is 40.1 Å². The fourth-order valence-corrected chi connectivity index (χ4v) is 8.75. The van der Waals surface area contributed by atoms with Gasteiger partial charge in [-0.1, -0.05) is 153 Å². The van der Waals surface area contributed by atoms with Gasteiger partial charge in [-0.3, -0.25) is 0 Å². The van der Waals surface area contributed by atoms with Crippen LogP contribution in [0, 0.1) is 0 Å². The summed E-state index contributed by atoms with van der Waals surface area (Å²) in [4.78, 5) is 24.4. The smallest absolute Gasteiger partial charge is 0.164 e. The molecule has 1 aliphatic rings. The van der Waals surface area contributed by atoms with Crippen molar-refractivity contribution in [3.8, 4) is 67.8 Å². The summed E-state index contributed by atoms with van der Waals surface area (Å²) in [5.41, 5.74) is 11.2. The second-order valence-corrected chi connectivity index (χ2v) is 15.3. The Morgan fingerprint density at radius 1 is 0.316 bits per heavy atom. The van der Waals surface area contributed by atoms with Crippen LogP contribution in [-0.2, 0) is 5.41 Å². The second kappa shape index (κ2) is 12.9. The van der Waals surface area contributed by atoms with Crippen LogP contribution in [-0.4, -0.2) is 24.9 Å². The minimum Gasteiger partial charge on any atom is -0.237 e. The minimum atomic E-state index is -0.0861. The Bertz CT molecular complexity index is 3170. The van der Waals surface area contributed by atoms with Crippen LogP contribution >= 0.6 is 0 Å². The maximum Gasteiger partial charge on any atom is 0.164 e. The highest BCUT2D eigenvalue weighted by Crippen LogP contribution is 2.49. The molecule has 57 heavy (non-hydrogen) atoms. The van der Waals surface area contributed by atoms with Crippen molar-refractivity contribution in [3.05, 3.63) is 187 Å². The number of aromatic nitrogens is 5. The number of hydrogen-bond donors (Lipinski definition) is 0. The Balaban J connectivity index is 1.06. The van der Waals surface area contributed by atoms with E-state index in [0.29, 0.717) is 23.3 Å². The van der Waals surface area contributed by atoms with Crippen molar-refractivity contribution >= 4 is 32.3 Å². The molecule has 0 spiro atoms. The van der Waals surface area contributed by atoms with Crippen LogP contribution in [0.15, 0.2) is 176 Å². The van der Waals surface area contributed by atoms with E-state index in [1.165, 1.54) is 60.1 Å². The summed E-state index contributed by atoms with van der Waals surface area (Å²) in [6.45, 7) is 4.65. The van der Waals surface area contributed by atoms with Crippen molar-refractivity contribution < 1.29 is 0 Å². The van der Waals surface area contributed by atoms with E-state index < -0.39 is 0 Å². The van der Waals surface area contributed by atoms with Crippen molar-refractivity contribution in [1.29, 1.82) is 0 Å². The first-order valence-corrected chi connectivity index (χ1v) is 19.3. The summed E-state index contributed by atoms with van der Waals surface area (Å²) in [6.07, 6.45) is 3.51. The molecule has 2 heterocycles. The molecular weight excluding hydrogens is 695 g/mol. The van der Waals surface area contributed by atoms with Gasteiger partial charge in [0.05, 0.1) is 0 Å². The molecule has 0 amide bonds. The van der Waals surface area contributed by atoms with Crippen LogP contribution in [0.25, 0.3) is 100 Å². The molecule has 11 rings (SSSR count). The van der Waals surface area contributed by atoms with Crippen LogP contribution in [0.1, 0.15) is 25.0 Å². The van der Waals surface area contributed by atoms with Crippen molar-refractivity contribution in [1.82, 2.24) is 24.9 Å². The summed E-state index contributed by atoms with van der Waals surface area (Å²) in [7, 11) is 0. The van der Waals surface area contributed by atoms with Gasteiger partial charge in [0.1, 0.15) is 0 Å². The fraction of sp³-hybridized carbons (Fsp3) is 0.0577. The monoisotopic (exact) mass is 729 g/mol. The van der Waals surface area contributed by atoms with Crippen LogP contribution in [0.3, 0.4) is 0 Å². The van der Waals surface area contributed by atoms with Gasteiger partial charge in [-0.25, -0.2) is 24.9 Å². The van der Waals surface area contributed by atoms with Gasteiger partial charge in [-0.2, -0.15) is 0 Å². The average Bonchev–Trinajstić information content (AvgIpc) is 3.51. The third kappa shape index (κ3) is 5.42. The minimum absolute atomic E-state index is 0.0861. The van der Waals surface area contributed by atoms with E-state index >= 15 is 0 Å². The molecule has 0 aliphatic heterocycles. The maximum absolute atomic E-state index is 5.21. The summed E-state index contributed by atoms with van der Waals surface area (Å²) in [5.74, 6) is 2.51. The standard InChI is InChI=1S/C52H35N5/c1-52(2)46-18-8-7-17-43(46)44-26-23-35(31-47(44)52)34-11-9-12-36(29-34)50-55-49(33-21-19-32(20-22-33)48-53-27-10-28-54-48)56-51(57-50)37-24-25-42-40-15-4-3-13-38(40)39-14-5-6-16-41(39)45(42)30-37/h3-31H,1-2H3. The molecule has 0 saturated heterocycles. The molecule has 1 aliphatic carbocycles. The van der Waals surface area contributed by atoms with E-state index in [9.17, 15) is 0 Å². The van der Waals surface area contributed by atoms with E-state index in [2.05, 4.69) is 157 Å². The lowest BCUT2D eigenvalue weighted by atomic mass is 9.81. The molecule has 8 aromatic carbocycles. The number of nitrogens with zero attached hydrogens (tertiary/aromatic N) is 5. The van der Waals surface area contributed by atoms with Gasteiger partial charge in [-0.05, 0) is 90.0 Å². The van der Waals surface area contributed by atoms with Gasteiger partial charge < -0.3 is 0 Å². The van der Waals surface area contributed by atoms with Crippen LogP contribution < -0.4 is 0 Å². The molecule has 0 atom stereocenters. The summed E-state index contributed by atoms with van der Waals surface area (Å²) >= 11 is 0. The molecule has 0 radical (unpaired) electrons. The van der Waals surface area contributed by atoms with E-state index in [4.69, 9.17) is 15.0 Å². The van der Waals surface area contributed by atoms with Crippen molar-refractivity contribution in [3.63, 3.8) is 0 Å². The quantitative estimate of drug-likeness (QED) is 0.165. The Hall–Kier alpha value is -7.37. The molecular formula is C52H35N5. The van der Waals surface area contributed by atoms with Gasteiger partial charge in [0.15, 0.2) is 23.3 Å². The average molecular weight is 730 g/mol. The maximum atomic E-state index is 5.21. The topological polar surface area (TPSA) is 64.5 Å². The molecule has 5 heteroatoms. The van der Waals surface area contributed by atoms with Crippen molar-refractivity contribution in [2.24, 2.45) is 0 Å². The molecule has 10 aromatic rings. The van der Waals surface area contributed by atoms with E-state index in [-0.39, 0.29) is 5.41 Å². The van der Waals surface area contributed by atoms with Gasteiger partial charge >= 0.3 is 0 Å². The zero-order valence-corrected chi connectivity index (χ0v) is 31.5. The van der Waals surface area contributed by atoms with Crippen molar-refractivity contribution in [2.45, 2.75) is 19.3 Å². The molecule has 268 valence electrons. The first-order chi connectivity index (χ1) is 28.0. The normalized spacial score (nSPS) is 12.9. The van der Waals surface area contributed by atoms with E-state index in [0.717, 1.165) is 27.8 Å². The number of hydrogen-bond acceptors (Lipinski definition) is 5. The number of benzene rings is 8. The molecule has 5 nitrogen and oxygen atoms in total. The first-order valence-electron chi connectivity index (χ1n) is 19.3. The zero-order chi connectivity index (χ0) is 38.1. The lowest BCUT2D eigenvalue weighted by Crippen LogP contribution is -2.14. The predicted octanol–water partition coefficient (Wildman–Crippen LogP) is 12.8. The summed E-state index contributed by atoms with van der Waals surface area (Å²) < 4.78 is 0. The highest BCUT2D eigenvalue weighted by Gasteiger charge is 2.35. The first kappa shape index (κ1) is 33.0.